The van der Waals surface area contributed by atoms with Gasteiger partial charge in [0, 0.05) is 30.3 Å². The lowest BCUT2D eigenvalue weighted by molar-refractivity contribution is -0.156. The lowest BCUT2D eigenvalue weighted by Gasteiger charge is -2.55. The first-order valence-electron chi connectivity index (χ1n) is 8.55. The number of carbonyl (C=O) groups is 3. The number of hydrogen-bond donors (Lipinski definition) is 1. The SMILES string of the molecule is C/C(=C/C(=O)O)CC[C@@H]1C(=O)CC[C@@H]2C(C)(C)C(=O)CC[C@@]12C. The summed E-state index contributed by atoms with van der Waals surface area (Å²) in [5.41, 5.74) is 0.288. The van der Waals surface area contributed by atoms with Crippen LogP contribution in [0.2, 0.25) is 0 Å². The van der Waals surface area contributed by atoms with Gasteiger partial charge in [-0.15, -0.1) is 0 Å². The second-order valence-corrected chi connectivity index (χ2v) is 8.13. The van der Waals surface area contributed by atoms with E-state index in [1.807, 2.05) is 13.8 Å². The lowest BCUT2D eigenvalue weighted by Crippen LogP contribution is -2.55. The van der Waals surface area contributed by atoms with Crippen LogP contribution in [0.3, 0.4) is 0 Å². The predicted molar refractivity (Wildman–Crippen MR) is 88.0 cm³/mol. The zero-order chi connectivity index (χ0) is 17.4. The Kier molecular flexibility index (Phi) is 4.84. The van der Waals surface area contributed by atoms with Gasteiger partial charge in [-0.05, 0) is 43.9 Å². The third kappa shape index (κ3) is 3.26. The zero-order valence-corrected chi connectivity index (χ0v) is 14.6. The molecule has 2 rings (SSSR count). The highest BCUT2D eigenvalue weighted by molar-refractivity contribution is 5.88. The minimum Gasteiger partial charge on any atom is -0.478 e. The van der Waals surface area contributed by atoms with Crippen molar-refractivity contribution in [2.24, 2.45) is 22.7 Å². The van der Waals surface area contributed by atoms with Crippen molar-refractivity contribution in [3.63, 3.8) is 0 Å². The van der Waals surface area contributed by atoms with Crippen LogP contribution in [-0.4, -0.2) is 22.6 Å². The zero-order valence-electron chi connectivity index (χ0n) is 14.6. The molecule has 2 fully saturated rings. The molecule has 0 amide bonds. The van der Waals surface area contributed by atoms with Gasteiger partial charge in [0.2, 0.25) is 0 Å². The highest BCUT2D eigenvalue weighted by Gasteiger charge is 2.57. The average Bonchev–Trinajstić information content (AvgIpc) is 2.42. The molecular formula is C19H28O4. The van der Waals surface area contributed by atoms with Gasteiger partial charge in [0.25, 0.3) is 0 Å². The van der Waals surface area contributed by atoms with E-state index in [2.05, 4.69) is 6.92 Å². The van der Waals surface area contributed by atoms with E-state index in [1.54, 1.807) is 6.92 Å². The Hall–Kier alpha value is -1.45. The molecule has 0 spiro atoms. The van der Waals surface area contributed by atoms with Crippen molar-refractivity contribution in [3.8, 4) is 0 Å². The molecule has 0 heterocycles. The first-order chi connectivity index (χ1) is 10.6. The number of ketones is 2. The van der Waals surface area contributed by atoms with Crippen molar-refractivity contribution in [2.45, 2.75) is 66.2 Å². The van der Waals surface area contributed by atoms with Crippen LogP contribution in [0.1, 0.15) is 66.2 Å². The number of carbonyl (C=O) groups excluding carboxylic acids is 2. The monoisotopic (exact) mass is 320 g/mol. The van der Waals surface area contributed by atoms with Gasteiger partial charge in [0.1, 0.15) is 11.6 Å². The molecule has 23 heavy (non-hydrogen) atoms. The van der Waals surface area contributed by atoms with E-state index >= 15 is 0 Å². The van der Waals surface area contributed by atoms with E-state index < -0.39 is 5.97 Å². The van der Waals surface area contributed by atoms with E-state index in [1.165, 1.54) is 6.08 Å². The number of rotatable bonds is 4. The first-order valence-corrected chi connectivity index (χ1v) is 8.55. The summed E-state index contributed by atoms with van der Waals surface area (Å²) in [5, 5.41) is 8.83. The van der Waals surface area contributed by atoms with Crippen LogP contribution in [-0.2, 0) is 14.4 Å². The van der Waals surface area contributed by atoms with Crippen LogP contribution < -0.4 is 0 Å². The third-order valence-corrected chi connectivity index (χ3v) is 6.34. The van der Waals surface area contributed by atoms with Crippen molar-refractivity contribution in [3.05, 3.63) is 11.6 Å². The van der Waals surface area contributed by atoms with Crippen LogP contribution in [0, 0.1) is 22.7 Å². The largest absolute Gasteiger partial charge is 0.478 e. The Morgan fingerprint density at radius 3 is 2.52 bits per heavy atom. The van der Waals surface area contributed by atoms with Crippen LogP contribution >= 0.6 is 0 Å². The number of hydrogen-bond acceptors (Lipinski definition) is 3. The molecule has 0 unspecified atom stereocenters. The fourth-order valence-corrected chi connectivity index (χ4v) is 4.98. The predicted octanol–water partition coefficient (Wildman–Crippen LogP) is 3.79. The Labute approximate surface area is 138 Å². The smallest absolute Gasteiger partial charge is 0.328 e. The molecule has 0 radical (unpaired) electrons. The Bertz CT molecular complexity index is 558. The van der Waals surface area contributed by atoms with E-state index in [-0.39, 0.29) is 28.4 Å². The fourth-order valence-electron chi connectivity index (χ4n) is 4.98. The topological polar surface area (TPSA) is 71.4 Å². The molecule has 3 atom stereocenters. The van der Waals surface area contributed by atoms with Gasteiger partial charge in [-0.3, -0.25) is 9.59 Å². The molecule has 0 bridgehead atoms. The number of carboxylic acid groups (broad SMARTS) is 1. The van der Waals surface area contributed by atoms with E-state index in [0.29, 0.717) is 31.5 Å². The first kappa shape index (κ1) is 17.9. The van der Waals surface area contributed by atoms with Crippen molar-refractivity contribution < 1.29 is 19.5 Å². The van der Waals surface area contributed by atoms with Gasteiger partial charge in [-0.1, -0.05) is 26.3 Å². The highest BCUT2D eigenvalue weighted by Crippen LogP contribution is 2.58. The summed E-state index contributed by atoms with van der Waals surface area (Å²) in [5.74, 6) is -0.161. The molecule has 0 aromatic heterocycles. The Morgan fingerprint density at radius 2 is 1.91 bits per heavy atom. The van der Waals surface area contributed by atoms with E-state index in [9.17, 15) is 14.4 Å². The normalized spacial score (nSPS) is 34.2. The number of aliphatic carboxylic acids is 1. The molecule has 2 aliphatic carbocycles. The second kappa shape index (κ2) is 6.21. The number of Topliss-reactive ketones (excluding diaryl/α,β-unsaturated/α-hetero) is 2. The molecule has 4 heteroatoms. The molecule has 0 saturated heterocycles. The number of allylic oxidation sites excluding steroid dienone is 1. The highest BCUT2D eigenvalue weighted by atomic mass is 16.4. The summed E-state index contributed by atoms with van der Waals surface area (Å²) in [6.07, 6.45) is 5.20. The van der Waals surface area contributed by atoms with Crippen LogP contribution in [0.5, 0.6) is 0 Å². The fraction of sp³-hybridized carbons (Fsp3) is 0.737. The maximum absolute atomic E-state index is 12.6. The summed E-state index contributed by atoms with van der Waals surface area (Å²) in [7, 11) is 0. The van der Waals surface area contributed by atoms with Gasteiger partial charge in [0.05, 0.1) is 0 Å². The van der Waals surface area contributed by atoms with Crippen molar-refractivity contribution in [2.75, 3.05) is 0 Å². The molecule has 4 nitrogen and oxygen atoms in total. The van der Waals surface area contributed by atoms with E-state index in [4.69, 9.17) is 5.11 Å². The molecule has 2 aliphatic rings. The summed E-state index contributed by atoms with van der Waals surface area (Å²) in [6, 6.07) is 0. The molecule has 0 aromatic carbocycles. The summed E-state index contributed by atoms with van der Waals surface area (Å²) in [6.45, 7) is 8.03. The third-order valence-electron chi connectivity index (χ3n) is 6.34. The summed E-state index contributed by atoms with van der Waals surface area (Å²) in [4.78, 5) is 35.6. The molecule has 1 N–H and O–H groups in total. The Morgan fingerprint density at radius 1 is 1.26 bits per heavy atom. The van der Waals surface area contributed by atoms with Crippen LogP contribution in [0.15, 0.2) is 11.6 Å². The molecular weight excluding hydrogens is 292 g/mol. The molecule has 0 aromatic rings. The summed E-state index contributed by atoms with van der Waals surface area (Å²) >= 11 is 0. The Balaban J connectivity index is 2.22. The van der Waals surface area contributed by atoms with Crippen molar-refractivity contribution >= 4 is 17.5 Å². The maximum Gasteiger partial charge on any atom is 0.328 e. The second-order valence-electron chi connectivity index (χ2n) is 8.13. The lowest BCUT2D eigenvalue weighted by atomic mass is 9.47. The number of carboxylic acids is 1. The van der Waals surface area contributed by atoms with Gasteiger partial charge < -0.3 is 5.11 Å². The standard InChI is InChI=1S/C19H28O4/c1-12(11-17(22)23)5-6-13-14(20)7-8-15-18(2,3)16(21)9-10-19(13,15)4/h11,13,15H,5-10H2,1-4H3,(H,22,23)/b12-11-/t13-,15-,19+/m1/s1. The maximum atomic E-state index is 12.6. The molecule has 2 saturated carbocycles. The van der Waals surface area contributed by atoms with Crippen LogP contribution in [0.25, 0.3) is 0 Å². The summed E-state index contributed by atoms with van der Waals surface area (Å²) < 4.78 is 0. The van der Waals surface area contributed by atoms with Gasteiger partial charge in [-0.2, -0.15) is 0 Å². The minimum atomic E-state index is -0.939. The van der Waals surface area contributed by atoms with Crippen molar-refractivity contribution in [1.82, 2.24) is 0 Å². The minimum absolute atomic E-state index is 0.0641. The molecule has 128 valence electrons. The van der Waals surface area contributed by atoms with Crippen LogP contribution in [0.4, 0.5) is 0 Å². The van der Waals surface area contributed by atoms with Gasteiger partial charge >= 0.3 is 5.97 Å². The molecule has 0 aliphatic heterocycles. The average molecular weight is 320 g/mol. The van der Waals surface area contributed by atoms with Gasteiger partial charge in [0.15, 0.2) is 0 Å². The quantitative estimate of drug-likeness (QED) is 0.800. The number of fused-ring (bicyclic) bond motifs is 1. The van der Waals surface area contributed by atoms with Crippen molar-refractivity contribution in [1.29, 1.82) is 0 Å². The van der Waals surface area contributed by atoms with Gasteiger partial charge in [-0.25, -0.2) is 4.79 Å². The van der Waals surface area contributed by atoms with E-state index in [0.717, 1.165) is 18.4 Å².